The van der Waals surface area contributed by atoms with Crippen LogP contribution >= 0.6 is 11.6 Å². The number of aryl methyl sites for hydroxylation is 2. The van der Waals surface area contributed by atoms with Gasteiger partial charge in [-0.2, -0.15) is 0 Å². The molecule has 0 heterocycles. The molecule has 0 aliphatic rings. The molecule has 2 heteroatoms. The molecule has 0 bridgehead atoms. The first-order valence-corrected chi connectivity index (χ1v) is 6.93. The molecule has 1 aromatic rings. The lowest BCUT2D eigenvalue weighted by atomic mass is 9.90. The SMILES string of the molecule is CCCOc1cc(C)c(C(C)CCCl)c(C)c1. The molecule has 0 saturated heterocycles. The van der Waals surface area contributed by atoms with E-state index >= 15 is 0 Å². The van der Waals surface area contributed by atoms with Gasteiger partial charge in [-0.05, 0) is 61.4 Å². The summed E-state index contributed by atoms with van der Waals surface area (Å²) in [5.74, 6) is 2.23. The van der Waals surface area contributed by atoms with Gasteiger partial charge in [-0.15, -0.1) is 11.6 Å². The van der Waals surface area contributed by atoms with Crippen molar-refractivity contribution in [1.29, 1.82) is 0 Å². The molecule has 0 radical (unpaired) electrons. The molecule has 0 amide bonds. The van der Waals surface area contributed by atoms with Gasteiger partial charge in [0.2, 0.25) is 0 Å². The molecular formula is C15H23ClO. The van der Waals surface area contributed by atoms with Gasteiger partial charge in [0.1, 0.15) is 5.75 Å². The van der Waals surface area contributed by atoms with Gasteiger partial charge in [-0.25, -0.2) is 0 Å². The van der Waals surface area contributed by atoms with E-state index in [1.165, 1.54) is 16.7 Å². The second kappa shape index (κ2) is 6.90. The van der Waals surface area contributed by atoms with Gasteiger partial charge in [0.05, 0.1) is 6.61 Å². The maximum absolute atomic E-state index is 5.83. The lowest BCUT2D eigenvalue weighted by Crippen LogP contribution is -2.03. The minimum Gasteiger partial charge on any atom is -0.494 e. The van der Waals surface area contributed by atoms with Gasteiger partial charge in [0.25, 0.3) is 0 Å². The van der Waals surface area contributed by atoms with Crippen molar-refractivity contribution in [2.75, 3.05) is 12.5 Å². The van der Waals surface area contributed by atoms with Crippen molar-refractivity contribution in [3.05, 3.63) is 28.8 Å². The van der Waals surface area contributed by atoms with E-state index in [0.717, 1.165) is 25.2 Å². The van der Waals surface area contributed by atoms with Crippen LogP contribution in [-0.2, 0) is 0 Å². The summed E-state index contributed by atoms with van der Waals surface area (Å²) >= 11 is 5.83. The highest BCUT2D eigenvalue weighted by Crippen LogP contribution is 2.30. The predicted molar refractivity (Wildman–Crippen MR) is 75.5 cm³/mol. The highest BCUT2D eigenvalue weighted by molar-refractivity contribution is 6.17. The van der Waals surface area contributed by atoms with Crippen LogP contribution < -0.4 is 4.74 Å². The van der Waals surface area contributed by atoms with Crippen molar-refractivity contribution in [1.82, 2.24) is 0 Å². The molecule has 1 nitrogen and oxygen atoms in total. The summed E-state index contributed by atoms with van der Waals surface area (Å²) in [4.78, 5) is 0. The quantitative estimate of drug-likeness (QED) is 0.661. The third kappa shape index (κ3) is 3.92. The first-order valence-electron chi connectivity index (χ1n) is 6.40. The van der Waals surface area contributed by atoms with E-state index in [4.69, 9.17) is 16.3 Å². The van der Waals surface area contributed by atoms with E-state index < -0.39 is 0 Å². The zero-order valence-electron chi connectivity index (χ0n) is 11.3. The van der Waals surface area contributed by atoms with Crippen LogP contribution in [0, 0.1) is 13.8 Å². The number of hydrogen-bond acceptors (Lipinski definition) is 1. The summed E-state index contributed by atoms with van der Waals surface area (Å²) in [6.07, 6.45) is 2.07. The Morgan fingerprint density at radius 1 is 1.24 bits per heavy atom. The molecule has 1 unspecified atom stereocenters. The average molecular weight is 255 g/mol. The van der Waals surface area contributed by atoms with Crippen molar-refractivity contribution < 1.29 is 4.74 Å². The second-order valence-electron chi connectivity index (χ2n) is 4.70. The number of rotatable bonds is 6. The van der Waals surface area contributed by atoms with E-state index in [9.17, 15) is 0 Å². The normalized spacial score (nSPS) is 12.5. The molecule has 96 valence electrons. The Bertz CT molecular complexity index is 337. The maximum Gasteiger partial charge on any atom is 0.119 e. The first-order chi connectivity index (χ1) is 8.10. The molecule has 0 fully saturated rings. The van der Waals surface area contributed by atoms with Crippen LogP contribution in [0.5, 0.6) is 5.75 Å². The van der Waals surface area contributed by atoms with Crippen molar-refractivity contribution in [2.45, 2.75) is 46.5 Å². The fraction of sp³-hybridized carbons (Fsp3) is 0.600. The standard InChI is InChI=1S/C15H23ClO/c1-5-8-17-14-9-12(3)15(13(4)10-14)11(2)6-7-16/h9-11H,5-8H2,1-4H3. The van der Waals surface area contributed by atoms with Crippen LogP contribution in [0.4, 0.5) is 0 Å². The van der Waals surface area contributed by atoms with Gasteiger partial charge in [-0.1, -0.05) is 13.8 Å². The monoisotopic (exact) mass is 254 g/mol. The molecule has 1 rings (SSSR count). The minimum atomic E-state index is 0.521. The van der Waals surface area contributed by atoms with E-state index in [1.807, 2.05) is 0 Å². The Morgan fingerprint density at radius 3 is 2.29 bits per heavy atom. The summed E-state index contributed by atoms with van der Waals surface area (Å²) < 4.78 is 5.69. The van der Waals surface area contributed by atoms with Crippen molar-refractivity contribution in [2.24, 2.45) is 0 Å². The molecule has 0 aliphatic heterocycles. The van der Waals surface area contributed by atoms with E-state index in [0.29, 0.717) is 11.8 Å². The molecule has 0 saturated carbocycles. The van der Waals surface area contributed by atoms with Crippen LogP contribution in [0.3, 0.4) is 0 Å². The maximum atomic E-state index is 5.83. The summed E-state index contributed by atoms with van der Waals surface area (Å²) in [5.41, 5.74) is 4.05. The molecule has 0 aromatic heterocycles. The molecule has 0 aliphatic carbocycles. The van der Waals surface area contributed by atoms with Crippen LogP contribution in [-0.4, -0.2) is 12.5 Å². The van der Waals surface area contributed by atoms with Crippen LogP contribution in [0.15, 0.2) is 12.1 Å². The van der Waals surface area contributed by atoms with E-state index in [2.05, 4.69) is 39.8 Å². The van der Waals surface area contributed by atoms with Gasteiger partial charge in [0, 0.05) is 5.88 Å². The fourth-order valence-electron chi connectivity index (χ4n) is 2.32. The number of halogens is 1. The molecule has 1 atom stereocenters. The number of alkyl halides is 1. The first kappa shape index (κ1) is 14.4. The molecule has 0 spiro atoms. The van der Waals surface area contributed by atoms with Crippen molar-refractivity contribution in [3.8, 4) is 5.75 Å². The summed E-state index contributed by atoms with van der Waals surface area (Å²) in [5, 5.41) is 0. The molecule has 0 N–H and O–H groups in total. The van der Waals surface area contributed by atoms with E-state index in [-0.39, 0.29) is 0 Å². The number of benzene rings is 1. The summed E-state index contributed by atoms with van der Waals surface area (Å²) in [7, 11) is 0. The highest BCUT2D eigenvalue weighted by atomic mass is 35.5. The van der Waals surface area contributed by atoms with Gasteiger partial charge < -0.3 is 4.74 Å². The van der Waals surface area contributed by atoms with E-state index in [1.54, 1.807) is 0 Å². The van der Waals surface area contributed by atoms with Crippen molar-refractivity contribution >= 4 is 11.6 Å². The predicted octanol–water partition coefficient (Wildman–Crippen LogP) is 4.82. The average Bonchev–Trinajstić information content (AvgIpc) is 2.25. The Morgan fingerprint density at radius 2 is 1.82 bits per heavy atom. The third-order valence-corrected chi connectivity index (χ3v) is 3.29. The minimum absolute atomic E-state index is 0.521. The molecular weight excluding hydrogens is 232 g/mol. The fourth-order valence-corrected chi connectivity index (χ4v) is 2.65. The Kier molecular flexibility index (Phi) is 5.84. The summed E-state index contributed by atoms with van der Waals surface area (Å²) in [6, 6.07) is 4.28. The van der Waals surface area contributed by atoms with Gasteiger partial charge >= 0.3 is 0 Å². The zero-order valence-corrected chi connectivity index (χ0v) is 12.1. The third-order valence-electron chi connectivity index (χ3n) is 3.07. The molecule has 1 aromatic carbocycles. The number of hydrogen-bond donors (Lipinski definition) is 0. The topological polar surface area (TPSA) is 9.23 Å². The second-order valence-corrected chi connectivity index (χ2v) is 5.08. The Labute approximate surface area is 110 Å². The largest absolute Gasteiger partial charge is 0.494 e. The molecule has 17 heavy (non-hydrogen) atoms. The lowest BCUT2D eigenvalue weighted by molar-refractivity contribution is 0.317. The van der Waals surface area contributed by atoms with Crippen LogP contribution in [0.1, 0.15) is 49.3 Å². The summed E-state index contributed by atoms with van der Waals surface area (Å²) in [6.45, 7) is 9.47. The van der Waals surface area contributed by atoms with Crippen molar-refractivity contribution in [3.63, 3.8) is 0 Å². The van der Waals surface area contributed by atoms with Crippen LogP contribution in [0.25, 0.3) is 0 Å². The number of ether oxygens (including phenoxy) is 1. The van der Waals surface area contributed by atoms with Gasteiger partial charge in [0.15, 0.2) is 0 Å². The van der Waals surface area contributed by atoms with Crippen LogP contribution in [0.2, 0.25) is 0 Å². The Hall–Kier alpha value is -0.690. The smallest absolute Gasteiger partial charge is 0.119 e. The highest BCUT2D eigenvalue weighted by Gasteiger charge is 2.12. The van der Waals surface area contributed by atoms with Gasteiger partial charge in [-0.3, -0.25) is 0 Å². The lowest BCUT2D eigenvalue weighted by Gasteiger charge is -2.18. The zero-order chi connectivity index (χ0) is 12.8. The Balaban J connectivity index is 2.93.